The summed E-state index contributed by atoms with van der Waals surface area (Å²) in [6.07, 6.45) is 1.30. The Morgan fingerprint density at radius 1 is 1.33 bits per heavy atom. The first kappa shape index (κ1) is 12.9. The van der Waals surface area contributed by atoms with Crippen molar-refractivity contribution in [3.05, 3.63) is 0 Å². The molecule has 3 nitrogen and oxygen atoms in total. The Morgan fingerprint density at radius 2 is 2.00 bits per heavy atom. The fourth-order valence-corrected chi connectivity index (χ4v) is 2.40. The molecule has 0 spiro atoms. The zero-order chi connectivity index (χ0) is 11.4. The summed E-state index contributed by atoms with van der Waals surface area (Å²) in [4.78, 5) is 4.80. The van der Waals surface area contributed by atoms with E-state index in [4.69, 9.17) is 0 Å². The summed E-state index contributed by atoms with van der Waals surface area (Å²) in [7, 11) is 4.26. The lowest BCUT2D eigenvalue weighted by Gasteiger charge is -2.24. The summed E-state index contributed by atoms with van der Waals surface area (Å²) < 4.78 is 0. The van der Waals surface area contributed by atoms with Crippen LogP contribution in [0, 0.1) is 0 Å². The van der Waals surface area contributed by atoms with Gasteiger partial charge in [-0.3, -0.25) is 4.90 Å². The molecule has 1 rings (SSSR count). The van der Waals surface area contributed by atoms with Crippen LogP contribution in [-0.4, -0.2) is 61.7 Å². The molecule has 1 fully saturated rings. The highest BCUT2D eigenvalue weighted by atomic mass is 15.2. The molecule has 0 aromatic rings. The monoisotopic (exact) mass is 213 g/mol. The third kappa shape index (κ3) is 4.49. The van der Waals surface area contributed by atoms with Crippen LogP contribution in [-0.2, 0) is 0 Å². The standard InChI is InChI=1S/C12H27N3/c1-10(2)15-7-6-12(9-15)13-11(3)8-14(4)5/h10-13H,6-9H2,1-5H3. The first-order chi connectivity index (χ1) is 6.99. The Morgan fingerprint density at radius 3 is 2.47 bits per heavy atom. The maximum atomic E-state index is 3.71. The molecular formula is C12H27N3. The van der Waals surface area contributed by atoms with Crippen molar-refractivity contribution in [2.45, 2.75) is 45.3 Å². The number of likely N-dealkylation sites (N-methyl/N-ethyl adjacent to an activating group) is 1. The van der Waals surface area contributed by atoms with Crippen LogP contribution in [0.5, 0.6) is 0 Å². The third-order valence-corrected chi connectivity index (χ3v) is 3.11. The summed E-state index contributed by atoms with van der Waals surface area (Å²) in [5.41, 5.74) is 0. The van der Waals surface area contributed by atoms with Gasteiger partial charge in [-0.25, -0.2) is 0 Å². The van der Waals surface area contributed by atoms with Crippen molar-refractivity contribution in [2.24, 2.45) is 0 Å². The van der Waals surface area contributed by atoms with E-state index in [9.17, 15) is 0 Å². The van der Waals surface area contributed by atoms with Crippen LogP contribution >= 0.6 is 0 Å². The lowest BCUT2D eigenvalue weighted by atomic mass is 10.2. The highest BCUT2D eigenvalue weighted by Gasteiger charge is 2.24. The van der Waals surface area contributed by atoms with E-state index < -0.39 is 0 Å². The fraction of sp³-hybridized carbons (Fsp3) is 1.00. The van der Waals surface area contributed by atoms with Gasteiger partial charge >= 0.3 is 0 Å². The molecule has 0 amide bonds. The topological polar surface area (TPSA) is 18.5 Å². The number of hydrogen-bond acceptors (Lipinski definition) is 3. The molecule has 2 atom stereocenters. The Kier molecular flexibility index (Phi) is 5.03. The molecule has 3 heteroatoms. The van der Waals surface area contributed by atoms with Crippen molar-refractivity contribution in [2.75, 3.05) is 33.7 Å². The van der Waals surface area contributed by atoms with E-state index in [2.05, 4.69) is 50.0 Å². The molecule has 1 aliphatic rings. The highest BCUT2D eigenvalue weighted by molar-refractivity contribution is 4.84. The van der Waals surface area contributed by atoms with Crippen molar-refractivity contribution in [1.29, 1.82) is 0 Å². The van der Waals surface area contributed by atoms with Gasteiger partial charge in [0.2, 0.25) is 0 Å². The summed E-state index contributed by atoms with van der Waals surface area (Å²) in [5.74, 6) is 0. The minimum atomic E-state index is 0.595. The average Bonchev–Trinajstić information content (AvgIpc) is 2.50. The summed E-state index contributed by atoms with van der Waals surface area (Å²) in [6, 6.07) is 1.99. The molecule has 0 aromatic heterocycles. The van der Waals surface area contributed by atoms with Gasteiger partial charge < -0.3 is 10.2 Å². The molecule has 90 valence electrons. The van der Waals surface area contributed by atoms with Crippen LogP contribution in [0.1, 0.15) is 27.2 Å². The predicted molar refractivity (Wildman–Crippen MR) is 66.3 cm³/mol. The molecule has 15 heavy (non-hydrogen) atoms. The Labute approximate surface area is 94.8 Å². The molecule has 1 aliphatic heterocycles. The molecule has 1 heterocycles. The lowest BCUT2D eigenvalue weighted by Crippen LogP contribution is -2.43. The first-order valence-corrected chi connectivity index (χ1v) is 6.14. The molecular weight excluding hydrogens is 186 g/mol. The van der Waals surface area contributed by atoms with E-state index >= 15 is 0 Å². The van der Waals surface area contributed by atoms with Crippen LogP contribution in [0.3, 0.4) is 0 Å². The van der Waals surface area contributed by atoms with Gasteiger partial charge in [0.1, 0.15) is 0 Å². The second-order valence-corrected chi connectivity index (χ2v) is 5.40. The summed E-state index contributed by atoms with van der Waals surface area (Å²) in [5, 5.41) is 3.71. The van der Waals surface area contributed by atoms with Gasteiger partial charge in [0.05, 0.1) is 0 Å². The van der Waals surface area contributed by atoms with E-state index in [1.54, 1.807) is 0 Å². The summed E-state index contributed by atoms with van der Waals surface area (Å²) >= 11 is 0. The largest absolute Gasteiger partial charge is 0.309 e. The van der Waals surface area contributed by atoms with E-state index in [0.29, 0.717) is 18.1 Å². The van der Waals surface area contributed by atoms with Crippen LogP contribution in [0.15, 0.2) is 0 Å². The number of rotatable bonds is 5. The maximum absolute atomic E-state index is 3.71. The van der Waals surface area contributed by atoms with Crippen LogP contribution in [0.4, 0.5) is 0 Å². The van der Waals surface area contributed by atoms with Crippen LogP contribution < -0.4 is 5.32 Å². The van der Waals surface area contributed by atoms with Gasteiger partial charge in [-0.2, -0.15) is 0 Å². The molecule has 2 unspecified atom stereocenters. The van der Waals surface area contributed by atoms with Gasteiger partial charge in [0, 0.05) is 31.2 Å². The minimum absolute atomic E-state index is 0.595. The Hall–Kier alpha value is -0.120. The zero-order valence-electron chi connectivity index (χ0n) is 11.0. The predicted octanol–water partition coefficient (Wildman–Crippen LogP) is 1.01. The molecule has 0 saturated carbocycles. The lowest BCUT2D eigenvalue weighted by molar-refractivity contribution is 0.261. The highest BCUT2D eigenvalue weighted by Crippen LogP contribution is 2.12. The van der Waals surface area contributed by atoms with Gasteiger partial charge in [0.15, 0.2) is 0 Å². The number of nitrogens with zero attached hydrogens (tertiary/aromatic N) is 2. The van der Waals surface area contributed by atoms with E-state index in [0.717, 1.165) is 6.54 Å². The van der Waals surface area contributed by atoms with Gasteiger partial charge in [-0.1, -0.05) is 0 Å². The van der Waals surface area contributed by atoms with Crippen molar-refractivity contribution in [3.8, 4) is 0 Å². The van der Waals surface area contributed by atoms with E-state index in [1.165, 1.54) is 19.5 Å². The van der Waals surface area contributed by atoms with Crippen molar-refractivity contribution >= 4 is 0 Å². The quantitative estimate of drug-likeness (QED) is 0.735. The second-order valence-electron chi connectivity index (χ2n) is 5.40. The maximum Gasteiger partial charge on any atom is 0.0210 e. The van der Waals surface area contributed by atoms with Crippen LogP contribution in [0.25, 0.3) is 0 Å². The minimum Gasteiger partial charge on any atom is -0.309 e. The molecule has 0 aromatic carbocycles. The SMILES string of the molecule is CC(CN(C)C)NC1CCN(C(C)C)C1. The van der Waals surface area contributed by atoms with Gasteiger partial charge in [0.25, 0.3) is 0 Å². The van der Waals surface area contributed by atoms with Crippen molar-refractivity contribution < 1.29 is 0 Å². The van der Waals surface area contributed by atoms with Gasteiger partial charge in [-0.15, -0.1) is 0 Å². The number of likely N-dealkylation sites (tertiary alicyclic amines) is 1. The number of nitrogens with one attached hydrogen (secondary N) is 1. The first-order valence-electron chi connectivity index (χ1n) is 6.14. The van der Waals surface area contributed by atoms with Crippen molar-refractivity contribution in [1.82, 2.24) is 15.1 Å². The van der Waals surface area contributed by atoms with E-state index in [-0.39, 0.29) is 0 Å². The fourth-order valence-electron chi connectivity index (χ4n) is 2.40. The van der Waals surface area contributed by atoms with Gasteiger partial charge in [-0.05, 0) is 47.8 Å². The smallest absolute Gasteiger partial charge is 0.0210 e. The van der Waals surface area contributed by atoms with Crippen LogP contribution in [0.2, 0.25) is 0 Å². The normalized spacial score (nSPS) is 25.4. The summed E-state index contributed by atoms with van der Waals surface area (Å²) in [6.45, 7) is 10.4. The third-order valence-electron chi connectivity index (χ3n) is 3.11. The Balaban J connectivity index is 2.23. The molecule has 0 bridgehead atoms. The number of hydrogen-bond donors (Lipinski definition) is 1. The van der Waals surface area contributed by atoms with Crippen molar-refractivity contribution in [3.63, 3.8) is 0 Å². The molecule has 1 N–H and O–H groups in total. The average molecular weight is 213 g/mol. The second kappa shape index (κ2) is 5.83. The van der Waals surface area contributed by atoms with E-state index in [1.807, 2.05) is 0 Å². The Bertz CT molecular complexity index is 180. The molecule has 0 radical (unpaired) electrons. The zero-order valence-corrected chi connectivity index (χ0v) is 11.0. The molecule has 1 saturated heterocycles. The molecule has 0 aliphatic carbocycles.